The minimum atomic E-state index is -1.06. The maximum atomic E-state index is 13.8. The van der Waals surface area contributed by atoms with Gasteiger partial charge in [0.05, 0.1) is 61.2 Å². The van der Waals surface area contributed by atoms with E-state index in [1.807, 2.05) is 33.9 Å². The van der Waals surface area contributed by atoms with Crippen molar-refractivity contribution in [2.75, 3.05) is 14.2 Å². The topological polar surface area (TPSA) is 241 Å². The lowest BCUT2D eigenvalue weighted by atomic mass is 9.96. The third-order valence-corrected chi connectivity index (χ3v) is 14.8. The van der Waals surface area contributed by atoms with Crippen LogP contribution in [0.4, 0.5) is 0 Å². The van der Waals surface area contributed by atoms with E-state index in [9.17, 15) is 48.6 Å². The molecule has 0 unspecified atom stereocenters. The third-order valence-electron chi connectivity index (χ3n) is 14.4. The number of carbonyl (C=O) groups is 6. The minimum Gasteiger partial charge on any atom is -0.495 e. The van der Waals surface area contributed by atoms with Gasteiger partial charge in [0.2, 0.25) is 0 Å². The standard InChI is InChI=1S/2C31H28ClN3O6/c2*1-18(36)24-10-7-21(32)14-25(24)26-16-30(38)34(17-29(26)41-2)27(15-22-11-12-35(33-22)23-8-9-23)28(37)13-19-3-5-20(6-4-19)31(39)40/h2*3-7,10-12,14,16-17,23,27H,8-9,13,15H2,1-2H3,(H,39,40)/t2*27-/m10/s1. The molecule has 0 saturated heterocycles. The van der Waals surface area contributed by atoms with Gasteiger partial charge in [-0.3, -0.25) is 38.1 Å². The highest BCUT2D eigenvalue weighted by Crippen LogP contribution is 2.38. The summed E-state index contributed by atoms with van der Waals surface area (Å²) >= 11 is 12.5. The Bertz CT molecular complexity index is 3660. The van der Waals surface area contributed by atoms with Crippen LogP contribution in [0.1, 0.15) is 128 Å². The Morgan fingerprint density at radius 1 is 0.537 bits per heavy atom. The Labute approximate surface area is 480 Å². The van der Waals surface area contributed by atoms with Crippen molar-refractivity contribution in [3.8, 4) is 33.8 Å². The van der Waals surface area contributed by atoms with Crippen LogP contribution < -0.4 is 20.6 Å². The molecule has 20 heteroatoms. The molecule has 2 atom stereocenters. The predicted molar refractivity (Wildman–Crippen MR) is 306 cm³/mol. The molecule has 0 amide bonds. The number of benzene rings is 4. The van der Waals surface area contributed by atoms with Gasteiger partial charge < -0.3 is 28.8 Å². The van der Waals surface area contributed by atoms with E-state index in [-0.39, 0.29) is 59.9 Å². The maximum absolute atomic E-state index is 13.8. The highest BCUT2D eigenvalue weighted by atomic mass is 35.5. The van der Waals surface area contributed by atoms with Gasteiger partial charge in [-0.05, 0) is 135 Å². The zero-order chi connectivity index (χ0) is 58.5. The van der Waals surface area contributed by atoms with E-state index >= 15 is 0 Å². The molecule has 2 N–H and O–H groups in total. The van der Waals surface area contributed by atoms with Gasteiger partial charge in [0.25, 0.3) is 11.1 Å². The molecule has 0 spiro atoms. The van der Waals surface area contributed by atoms with Crippen molar-refractivity contribution >= 4 is 58.3 Å². The largest absolute Gasteiger partial charge is 0.495 e. The number of aromatic nitrogens is 6. The number of methoxy groups -OCH3 is 2. The molecule has 8 aromatic rings. The SMILES string of the molecule is COc1cn([C@@H](Cc2ccn(C3CC3)n2)C(=O)Cc2ccc(C(=O)O)cc2)c(=O)cc1-c1cc(Cl)ccc1C(C)=O.COc1cn([C@H](Cc2ccn(C3CC3)n2)C(=O)Cc2ccc(C(=O)O)cc2)c(=O)cc1-c1cc(Cl)ccc1C(C)=O. The first kappa shape index (κ1) is 57.7. The van der Waals surface area contributed by atoms with E-state index in [0.717, 1.165) is 25.7 Å². The third kappa shape index (κ3) is 13.4. The molecule has 4 aromatic carbocycles. The molecule has 420 valence electrons. The Hall–Kier alpha value is -9.00. The fourth-order valence-electron chi connectivity index (χ4n) is 9.74. The molecular weight excluding hydrogens is 1090 g/mol. The van der Waals surface area contributed by atoms with Crippen molar-refractivity contribution in [3.05, 3.63) is 210 Å². The van der Waals surface area contributed by atoms with Crippen molar-refractivity contribution in [2.45, 2.75) is 89.4 Å². The predicted octanol–water partition coefficient (Wildman–Crippen LogP) is 10.4. The number of aromatic carboxylic acids is 2. The van der Waals surface area contributed by atoms with Crippen LogP contribution >= 0.6 is 23.2 Å². The summed E-state index contributed by atoms with van der Waals surface area (Å²) in [5.41, 5.74) is 4.33. The molecule has 2 saturated carbocycles. The first-order chi connectivity index (χ1) is 39.3. The fourth-order valence-corrected chi connectivity index (χ4v) is 10.1. The van der Waals surface area contributed by atoms with Gasteiger partial charge in [-0.2, -0.15) is 10.2 Å². The molecule has 2 aliphatic rings. The summed E-state index contributed by atoms with van der Waals surface area (Å²) in [4.78, 5) is 102. The summed E-state index contributed by atoms with van der Waals surface area (Å²) in [6, 6.07) is 27.0. The van der Waals surface area contributed by atoms with Crippen LogP contribution in [0.3, 0.4) is 0 Å². The number of carboxylic acid groups (broad SMARTS) is 2. The smallest absolute Gasteiger partial charge is 0.335 e. The number of pyridine rings is 2. The zero-order valence-corrected chi connectivity index (χ0v) is 46.6. The summed E-state index contributed by atoms with van der Waals surface area (Å²) < 4.78 is 17.7. The molecule has 18 nitrogen and oxygen atoms in total. The molecule has 4 heterocycles. The first-order valence-electron chi connectivity index (χ1n) is 26.3. The van der Waals surface area contributed by atoms with Crippen LogP contribution in [0.25, 0.3) is 22.3 Å². The van der Waals surface area contributed by atoms with Crippen molar-refractivity contribution < 1.29 is 48.5 Å². The van der Waals surface area contributed by atoms with Gasteiger partial charge in [-0.15, -0.1) is 0 Å². The number of carbonyl (C=O) groups excluding carboxylic acids is 4. The molecular formula is C62H56Cl2N6O12. The summed E-state index contributed by atoms with van der Waals surface area (Å²) in [6.07, 6.45) is 11.3. The zero-order valence-electron chi connectivity index (χ0n) is 45.1. The lowest BCUT2D eigenvalue weighted by Crippen LogP contribution is -2.32. The van der Waals surface area contributed by atoms with Crippen molar-refractivity contribution in [1.82, 2.24) is 28.7 Å². The second-order valence-electron chi connectivity index (χ2n) is 20.3. The molecule has 2 fully saturated rings. The second kappa shape index (κ2) is 24.8. The molecule has 0 aliphatic heterocycles. The number of ketones is 4. The normalized spacial score (nSPS) is 13.5. The first-order valence-corrected chi connectivity index (χ1v) is 27.0. The van der Waals surface area contributed by atoms with E-state index in [1.54, 1.807) is 60.7 Å². The number of rotatable bonds is 22. The number of halogens is 2. The van der Waals surface area contributed by atoms with E-state index in [4.69, 9.17) is 32.7 Å². The number of Topliss-reactive ketones (excluding diaryl/α,β-unsaturated/α-hetero) is 4. The van der Waals surface area contributed by atoms with E-state index in [1.165, 1.54) is 86.0 Å². The minimum absolute atomic E-state index is 0.0207. The van der Waals surface area contributed by atoms with Crippen molar-refractivity contribution in [3.63, 3.8) is 0 Å². The van der Waals surface area contributed by atoms with Crippen molar-refractivity contribution in [2.24, 2.45) is 0 Å². The average molecular weight is 1150 g/mol. The lowest BCUT2D eigenvalue weighted by molar-refractivity contribution is -0.122. The van der Waals surface area contributed by atoms with Gasteiger partial charge in [-0.25, -0.2) is 9.59 Å². The highest BCUT2D eigenvalue weighted by molar-refractivity contribution is 6.31. The Morgan fingerprint density at radius 2 is 0.902 bits per heavy atom. The van der Waals surface area contributed by atoms with E-state index in [2.05, 4.69) is 10.2 Å². The van der Waals surface area contributed by atoms with E-state index in [0.29, 0.717) is 89.5 Å². The summed E-state index contributed by atoms with van der Waals surface area (Å²) in [6.45, 7) is 2.86. The van der Waals surface area contributed by atoms with Crippen LogP contribution in [-0.2, 0) is 35.3 Å². The number of ether oxygens (including phenoxy) is 2. The van der Waals surface area contributed by atoms with Crippen LogP contribution in [0.5, 0.6) is 11.5 Å². The van der Waals surface area contributed by atoms with Crippen LogP contribution in [0.2, 0.25) is 10.0 Å². The molecule has 0 bridgehead atoms. The van der Waals surface area contributed by atoms with Crippen LogP contribution in [-0.4, -0.2) is 88.2 Å². The molecule has 2 aliphatic carbocycles. The Morgan fingerprint density at radius 3 is 1.22 bits per heavy atom. The number of carboxylic acids is 2. The van der Waals surface area contributed by atoms with Gasteiger partial charge in [0.15, 0.2) is 23.1 Å². The quantitative estimate of drug-likeness (QED) is 0.0600. The van der Waals surface area contributed by atoms with Crippen LogP contribution in [0, 0.1) is 0 Å². The summed E-state index contributed by atoms with van der Waals surface area (Å²) in [7, 11) is 2.90. The second-order valence-corrected chi connectivity index (χ2v) is 21.1. The number of nitrogens with zero attached hydrogens (tertiary/aromatic N) is 6. The monoisotopic (exact) mass is 1150 g/mol. The van der Waals surface area contributed by atoms with Gasteiger partial charge in [-0.1, -0.05) is 47.5 Å². The molecule has 10 rings (SSSR count). The Kier molecular flexibility index (Phi) is 17.4. The van der Waals surface area contributed by atoms with Gasteiger partial charge in [0.1, 0.15) is 23.6 Å². The van der Waals surface area contributed by atoms with E-state index < -0.39 is 35.1 Å². The lowest BCUT2D eigenvalue weighted by Gasteiger charge is -2.21. The van der Waals surface area contributed by atoms with Gasteiger partial charge in [0, 0.05) is 82.5 Å². The number of hydrogen-bond donors (Lipinski definition) is 2. The summed E-state index contributed by atoms with van der Waals surface area (Å²) in [5.74, 6) is -2.43. The molecule has 82 heavy (non-hydrogen) atoms. The van der Waals surface area contributed by atoms with Gasteiger partial charge >= 0.3 is 11.9 Å². The fraction of sp³-hybridized carbons (Fsp3) is 0.258. The summed E-state index contributed by atoms with van der Waals surface area (Å²) in [5, 5.41) is 28.5. The Balaban J connectivity index is 0.000000198. The van der Waals surface area contributed by atoms with Crippen molar-refractivity contribution in [1.29, 1.82) is 0 Å². The van der Waals surface area contributed by atoms with Crippen LogP contribution in [0.15, 0.2) is 144 Å². The average Bonchev–Trinajstić information content (AvgIpc) is 4.56. The molecule has 4 aromatic heterocycles. The highest BCUT2D eigenvalue weighted by Gasteiger charge is 2.31. The molecule has 0 radical (unpaired) electrons. The number of hydrogen-bond acceptors (Lipinski definition) is 12. The maximum Gasteiger partial charge on any atom is 0.335 e.